The Hall–Kier alpha value is -1.42. The normalized spacial score (nSPS) is 11.0. The molecule has 4 aromatic rings. The molecule has 0 nitrogen and oxygen atoms in total. The number of hydrogen-bond acceptors (Lipinski definition) is 2. The largest absolute Gasteiger partial charge is 0.145 e. The Bertz CT molecular complexity index is 860. The summed E-state index contributed by atoms with van der Waals surface area (Å²) in [6.07, 6.45) is 0. The second-order valence-electron chi connectivity index (χ2n) is 6.45. The molecular formula is C23H30S2Si. The van der Waals surface area contributed by atoms with Crippen LogP contribution in [0.3, 0.4) is 0 Å². The van der Waals surface area contributed by atoms with Crippen LogP contribution in [0.2, 0.25) is 18.1 Å². The molecule has 0 spiro atoms. The van der Waals surface area contributed by atoms with E-state index in [0.717, 1.165) is 0 Å². The SMILES string of the molecule is C.CC[Si](CC)(CC)c1cc2ccccc2s1.c1ccc2sccc2c1. The maximum atomic E-state index is 2.46. The molecule has 0 aliphatic carbocycles. The zero-order valence-corrected chi connectivity index (χ0v) is 17.9. The summed E-state index contributed by atoms with van der Waals surface area (Å²) < 4.78 is 4.54. The van der Waals surface area contributed by atoms with Gasteiger partial charge in [0.2, 0.25) is 0 Å². The maximum Gasteiger partial charge on any atom is 0.0987 e. The molecule has 0 amide bonds. The summed E-state index contributed by atoms with van der Waals surface area (Å²) >= 11 is 3.83. The Balaban J connectivity index is 0.000000206. The van der Waals surface area contributed by atoms with E-state index < -0.39 is 8.07 Å². The van der Waals surface area contributed by atoms with Gasteiger partial charge in [0, 0.05) is 9.40 Å². The Morgan fingerprint density at radius 1 is 0.731 bits per heavy atom. The van der Waals surface area contributed by atoms with Crippen molar-refractivity contribution in [2.75, 3.05) is 0 Å². The molecule has 0 fully saturated rings. The van der Waals surface area contributed by atoms with Crippen LogP contribution in [-0.2, 0) is 0 Å². The number of thiophene rings is 2. The number of rotatable bonds is 4. The number of benzene rings is 2. The van der Waals surface area contributed by atoms with E-state index in [1.807, 2.05) is 11.3 Å². The highest BCUT2D eigenvalue weighted by atomic mass is 32.1. The summed E-state index contributed by atoms with van der Waals surface area (Å²) in [4.78, 5) is 0. The van der Waals surface area contributed by atoms with Gasteiger partial charge in [0.25, 0.3) is 0 Å². The van der Waals surface area contributed by atoms with Gasteiger partial charge in [0.15, 0.2) is 0 Å². The highest BCUT2D eigenvalue weighted by Crippen LogP contribution is 2.27. The van der Waals surface area contributed by atoms with Crippen molar-refractivity contribution >= 4 is 55.4 Å². The fraction of sp³-hybridized carbons (Fsp3) is 0.304. The van der Waals surface area contributed by atoms with Crippen LogP contribution < -0.4 is 4.50 Å². The molecule has 0 atom stereocenters. The van der Waals surface area contributed by atoms with Crippen LogP contribution >= 0.6 is 22.7 Å². The molecular weight excluding hydrogens is 368 g/mol. The average Bonchev–Trinajstić information content (AvgIpc) is 3.31. The number of hydrogen-bond donors (Lipinski definition) is 0. The molecule has 0 unspecified atom stereocenters. The maximum absolute atomic E-state index is 2.46. The summed E-state index contributed by atoms with van der Waals surface area (Å²) in [7, 11) is -1.16. The molecule has 138 valence electrons. The highest BCUT2D eigenvalue weighted by molar-refractivity contribution is 7.31. The molecule has 0 saturated heterocycles. The third kappa shape index (κ3) is 4.28. The monoisotopic (exact) mass is 398 g/mol. The van der Waals surface area contributed by atoms with Gasteiger partial charge in [0.05, 0.1) is 8.07 Å². The zero-order valence-electron chi connectivity index (χ0n) is 15.3. The molecule has 3 heteroatoms. The highest BCUT2D eigenvalue weighted by Gasteiger charge is 2.30. The molecule has 4 rings (SSSR count). The van der Waals surface area contributed by atoms with Gasteiger partial charge in [-0.05, 0) is 44.9 Å². The first-order valence-electron chi connectivity index (χ1n) is 9.13. The first kappa shape index (κ1) is 20.9. The van der Waals surface area contributed by atoms with Gasteiger partial charge < -0.3 is 0 Å². The first-order chi connectivity index (χ1) is 12.2. The van der Waals surface area contributed by atoms with E-state index in [1.165, 1.54) is 38.3 Å². The van der Waals surface area contributed by atoms with Crippen molar-refractivity contribution in [1.82, 2.24) is 0 Å². The lowest BCUT2D eigenvalue weighted by molar-refractivity contribution is 1.20. The van der Waals surface area contributed by atoms with Crippen LogP contribution in [0.5, 0.6) is 0 Å². The molecule has 2 aromatic heterocycles. The molecule has 2 aromatic carbocycles. The van der Waals surface area contributed by atoms with Crippen molar-refractivity contribution in [1.29, 1.82) is 0 Å². The second kappa shape index (κ2) is 9.49. The van der Waals surface area contributed by atoms with Gasteiger partial charge >= 0.3 is 0 Å². The predicted molar refractivity (Wildman–Crippen MR) is 127 cm³/mol. The minimum atomic E-state index is -1.16. The van der Waals surface area contributed by atoms with Gasteiger partial charge in [-0.25, -0.2) is 0 Å². The minimum absolute atomic E-state index is 0. The lowest BCUT2D eigenvalue weighted by Crippen LogP contribution is -2.43. The van der Waals surface area contributed by atoms with E-state index in [0.29, 0.717) is 0 Å². The average molecular weight is 399 g/mol. The van der Waals surface area contributed by atoms with E-state index in [2.05, 4.69) is 86.8 Å². The summed E-state index contributed by atoms with van der Waals surface area (Å²) in [5.74, 6) is 0. The standard InChI is InChI=1S/C14H20SSi.C8H6S.CH4/c1-4-16(5-2,6-3)14-11-12-9-7-8-10-13(12)15-14;1-2-4-8-7(3-1)5-6-9-8;/h7-11H,4-6H2,1-3H3;1-6H;1H4. The van der Waals surface area contributed by atoms with Crippen molar-refractivity contribution in [3.05, 3.63) is 66.0 Å². The fourth-order valence-electron chi connectivity index (χ4n) is 3.42. The lowest BCUT2D eigenvalue weighted by Gasteiger charge is -2.26. The summed E-state index contributed by atoms with van der Waals surface area (Å²) in [5, 5.41) is 4.90. The molecule has 26 heavy (non-hydrogen) atoms. The molecule has 0 aliphatic rings. The Morgan fingerprint density at radius 3 is 1.88 bits per heavy atom. The van der Waals surface area contributed by atoms with Crippen LogP contribution in [0.25, 0.3) is 20.2 Å². The summed E-state index contributed by atoms with van der Waals surface area (Å²) in [6, 6.07) is 25.9. The Labute approximate surface area is 167 Å². The van der Waals surface area contributed by atoms with E-state index >= 15 is 0 Å². The van der Waals surface area contributed by atoms with Crippen molar-refractivity contribution in [3.63, 3.8) is 0 Å². The molecule has 0 saturated carbocycles. The smallest absolute Gasteiger partial charge is 0.0987 e. The van der Waals surface area contributed by atoms with Crippen LogP contribution in [0.1, 0.15) is 28.2 Å². The second-order valence-corrected chi connectivity index (χ2v) is 14.1. The minimum Gasteiger partial charge on any atom is -0.145 e. The van der Waals surface area contributed by atoms with Crippen LogP contribution in [-0.4, -0.2) is 8.07 Å². The topological polar surface area (TPSA) is 0 Å². The predicted octanol–water partition coefficient (Wildman–Crippen LogP) is 8.15. The molecule has 0 N–H and O–H groups in total. The van der Waals surface area contributed by atoms with E-state index in [9.17, 15) is 0 Å². The zero-order chi connectivity index (χ0) is 17.7. The quantitative estimate of drug-likeness (QED) is 0.304. The summed E-state index contributed by atoms with van der Waals surface area (Å²) in [6.45, 7) is 7.14. The number of fused-ring (bicyclic) bond motifs is 2. The van der Waals surface area contributed by atoms with E-state index in [1.54, 1.807) is 15.8 Å². The van der Waals surface area contributed by atoms with Crippen LogP contribution in [0.4, 0.5) is 0 Å². The molecule has 0 radical (unpaired) electrons. The first-order valence-corrected chi connectivity index (χ1v) is 13.5. The van der Waals surface area contributed by atoms with Crippen LogP contribution in [0, 0.1) is 0 Å². The van der Waals surface area contributed by atoms with Crippen molar-refractivity contribution < 1.29 is 0 Å². The van der Waals surface area contributed by atoms with Crippen molar-refractivity contribution in [2.24, 2.45) is 0 Å². The Morgan fingerprint density at radius 2 is 1.31 bits per heavy atom. The van der Waals surface area contributed by atoms with Gasteiger partial charge in [-0.3, -0.25) is 0 Å². The third-order valence-electron chi connectivity index (χ3n) is 5.34. The van der Waals surface area contributed by atoms with Gasteiger partial charge in [-0.1, -0.05) is 82.7 Å². The van der Waals surface area contributed by atoms with Crippen molar-refractivity contribution in [3.8, 4) is 0 Å². The fourth-order valence-corrected chi connectivity index (χ4v) is 10.5. The van der Waals surface area contributed by atoms with Gasteiger partial charge in [0.1, 0.15) is 0 Å². The van der Waals surface area contributed by atoms with E-state index in [4.69, 9.17) is 0 Å². The third-order valence-corrected chi connectivity index (χ3v) is 14.0. The Kier molecular flexibility index (Phi) is 7.63. The summed E-state index contributed by atoms with van der Waals surface area (Å²) in [5.41, 5.74) is 0. The molecule has 0 aliphatic heterocycles. The van der Waals surface area contributed by atoms with Gasteiger partial charge in [-0.15, -0.1) is 22.7 Å². The van der Waals surface area contributed by atoms with E-state index in [-0.39, 0.29) is 7.43 Å². The lowest BCUT2D eigenvalue weighted by atomic mass is 10.3. The molecule has 2 heterocycles. The molecule has 0 bridgehead atoms. The van der Waals surface area contributed by atoms with Crippen LogP contribution in [0.15, 0.2) is 66.0 Å². The van der Waals surface area contributed by atoms with Crippen molar-refractivity contribution in [2.45, 2.75) is 46.3 Å². The van der Waals surface area contributed by atoms with Gasteiger partial charge in [-0.2, -0.15) is 0 Å².